The lowest BCUT2D eigenvalue weighted by Gasteiger charge is -2.26. The van der Waals surface area contributed by atoms with Crippen LogP contribution in [-0.4, -0.2) is 36.6 Å². The molecule has 3 heterocycles. The minimum absolute atomic E-state index is 0.335. The standard InChI is InChI=1S/C23H32N6O4S/c1-22(2,3)32-21(30)25-23(4,5)19-24-17(33-28-19)14-34-20-27-26-18(16-12-9-13-31-16)29(20)15-10-7-6-8-11-15/h9,12-13,15H,6-8,10-11,14H2,1-5H3,(H,25,30). The van der Waals surface area contributed by atoms with Gasteiger partial charge in [0.2, 0.25) is 11.7 Å². The highest BCUT2D eigenvalue weighted by Crippen LogP contribution is 2.36. The van der Waals surface area contributed by atoms with Gasteiger partial charge in [-0.3, -0.25) is 4.57 Å². The van der Waals surface area contributed by atoms with Crippen LogP contribution in [0.5, 0.6) is 0 Å². The monoisotopic (exact) mass is 488 g/mol. The first-order valence-electron chi connectivity index (χ1n) is 11.6. The van der Waals surface area contributed by atoms with Crippen molar-refractivity contribution in [2.24, 2.45) is 0 Å². The van der Waals surface area contributed by atoms with Gasteiger partial charge in [-0.15, -0.1) is 10.2 Å². The predicted molar refractivity (Wildman–Crippen MR) is 126 cm³/mol. The first-order chi connectivity index (χ1) is 16.1. The molecule has 1 amide bonds. The Labute approximate surface area is 203 Å². The fourth-order valence-electron chi connectivity index (χ4n) is 3.93. The summed E-state index contributed by atoms with van der Waals surface area (Å²) in [6, 6.07) is 4.10. The second-order valence-electron chi connectivity index (χ2n) is 10.00. The Morgan fingerprint density at radius 2 is 1.97 bits per heavy atom. The van der Waals surface area contributed by atoms with Gasteiger partial charge >= 0.3 is 6.09 Å². The Kier molecular flexibility index (Phi) is 7.01. The van der Waals surface area contributed by atoms with Crippen molar-refractivity contribution in [1.82, 2.24) is 30.2 Å². The molecule has 184 valence electrons. The third kappa shape index (κ3) is 5.81. The summed E-state index contributed by atoms with van der Waals surface area (Å²) in [4.78, 5) is 16.7. The fraction of sp³-hybridized carbons (Fsp3) is 0.609. The number of ether oxygens (including phenoxy) is 1. The Morgan fingerprint density at radius 3 is 2.65 bits per heavy atom. The van der Waals surface area contributed by atoms with Crippen molar-refractivity contribution in [1.29, 1.82) is 0 Å². The summed E-state index contributed by atoms with van der Waals surface area (Å²) in [5.74, 6) is 2.70. The average Bonchev–Trinajstić information content (AvgIpc) is 3.51. The smallest absolute Gasteiger partial charge is 0.408 e. The highest BCUT2D eigenvalue weighted by atomic mass is 32.2. The Balaban J connectivity index is 1.47. The van der Waals surface area contributed by atoms with Crippen LogP contribution < -0.4 is 5.32 Å². The quantitative estimate of drug-likeness (QED) is 0.431. The van der Waals surface area contributed by atoms with Crippen molar-refractivity contribution in [3.63, 3.8) is 0 Å². The molecule has 10 nitrogen and oxygen atoms in total. The largest absolute Gasteiger partial charge is 0.461 e. The van der Waals surface area contributed by atoms with Crippen molar-refractivity contribution in [2.45, 2.75) is 94.8 Å². The summed E-state index contributed by atoms with van der Waals surface area (Å²) >= 11 is 1.50. The maximum Gasteiger partial charge on any atom is 0.408 e. The molecule has 0 saturated heterocycles. The number of aromatic nitrogens is 5. The minimum atomic E-state index is -0.858. The van der Waals surface area contributed by atoms with E-state index in [2.05, 4.69) is 30.2 Å². The molecule has 4 rings (SSSR count). The number of rotatable bonds is 7. The third-order valence-corrected chi connectivity index (χ3v) is 6.44. The molecule has 3 aromatic rings. The van der Waals surface area contributed by atoms with Crippen LogP contribution in [0.15, 0.2) is 32.5 Å². The van der Waals surface area contributed by atoms with E-state index in [1.54, 1.807) is 20.1 Å². The van der Waals surface area contributed by atoms with Gasteiger partial charge in [-0.1, -0.05) is 36.2 Å². The molecule has 1 fully saturated rings. The summed E-state index contributed by atoms with van der Waals surface area (Å²) in [5.41, 5.74) is -1.45. The van der Waals surface area contributed by atoms with E-state index in [0.29, 0.717) is 29.3 Å². The molecule has 0 atom stereocenters. The number of hydrogen-bond donors (Lipinski definition) is 1. The lowest BCUT2D eigenvalue weighted by Crippen LogP contribution is -2.44. The van der Waals surface area contributed by atoms with Crippen molar-refractivity contribution >= 4 is 17.9 Å². The zero-order chi connectivity index (χ0) is 24.3. The first-order valence-corrected chi connectivity index (χ1v) is 12.6. The normalized spacial score (nSPS) is 15.4. The molecule has 3 aromatic heterocycles. The second kappa shape index (κ2) is 9.81. The summed E-state index contributed by atoms with van der Waals surface area (Å²) in [5, 5.41) is 16.5. The molecule has 0 spiro atoms. The SMILES string of the molecule is CC(C)(C)OC(=O)NC(C)(C)c1noc(CSc2nnc(-c3ccco3)n2C2CCCCC2)n1. The van der Waals surface area contributed by atoms with Crippen LogP contribution in [0.25, 0.3) is 11.6 Å². The van der Waals surface area contributed by atoms with Gasteiger partial charge in [0, 0.05) is 6.04 Å². The number of thioether (sulfide) groups is 1. The van der Waals surface area contributed by atoms with Gasteiger partial charge in [0.05, 0.1) is 12.0 Å². The van der Waals surface area contributed by atoms with Crippen LogP contribution >= 0.6 is 11.8 Å². The van der Waals surface area contributed by atoms with E-state index >= 15 is 0 Å². The summed E-state index contributed by atoms with van der Waals surface area (Å²) in [6.45, 7) is 9.04. The highest BCUT2D eigenvalue weighted by Gasteiger charge is 2.31. The predicted octanol–water partition coefficient (Wildman–Crippen LogP) is 5.48. The fourth-order valence-corrected chi connectivity index (χ4v) is 4.77. The van der Waals surface area contributed by atoms with E-state index in [1.165, 1.54) is 31.0 Å². The maximum absolute atomic E-state index is 12.2. The van der Waals surface area contributed by atoms with Crippen molar-refractivity contribution < 1.29 is 18.5 Å². The van der Waals surface area contributed by atoms with E-state index in [0.717, 1.165) is 23.8 Å². The van der Waals surface area contributed by atoms with Crippen LogP contribution in [0.4, 0.5) is 4.79 Å². The topological polar surface area (TPSA) is 121 Å². The minimum Gasteiger partial charge on any atom is -0.461 e. The van der Waals surface area contributed by atoms with E-state index in [1.807, 2.05) is 32.9 Å². The van der Waals surface area contributed by atoms with E-state index in [-0.39, 0.29) is 0 Å². The van der Waals surface area contributed by atoms with E-state index in [4.69, 9.17) is 13.7 Å². The lowest BCUT2D eigenvalue weighted by atomic mass is 9.95. The summed E-state index contributed by atoms with van der Waals surface area (Å²) in [6.07, 6.45) is 6.94. The highest BCUT2D eigenvalue weighted by molar-refractivity contribution is 7.98. The number of hydrogen-bond acceptors (Lipinski definition) is 9. The number of amides is 1. The molecule has 0 unspecified atom stereocenters. The molecule has 1 N–H and O–H groups in total. The Morgan fingerprint density at radius 1 is 1.21 bits per heavy atom. The molecular formula is C23H32N6O4S. The molecule has 0 bridgehead atoms. The van der Waals surface area contributed by atoms with Gasteiger partial charge < -0.3 is 19.0 Å². The zero-order valence-corrected chi connectivity index (χ0v) is 21.1. The number of nitrogens with one attached hydrogen (secondary N) is 1. The molecule has 0 aliphatic heterocycles. The van der Waals surface area contributed by atoms with Crippen LogP contribution in [0, 0.1) is 0 Å². The second-order valence-corrected chi connectivity index (χ2v) is 10.9. The van der Waals surface area contributed by atoms with Crippen LogP contribution in [-0.2, 0) is 16.0 Å². The third-order valence-electron chi connectivity index (χ3n) is 5.51. The van der Waals surface area contributed by atoms with Gasteiger partial charge in [0.25, 0.3) is 0 Å². The van der Waals surface area contributed by atoms with Crippen molar-refractivity contribution in [3.8, 4) is 11.6 Å². The molecule has 11 heteroatoms. The van der Waals surface area contributed by atoms with Crippen LogP contribution in [0.1, 0.15) is 84.5 Å². The van der Waals surface area contributed by atoms with Gasteiger partial charge in [-0.25, -0.2) is 4.79 Å². The van der Waals surface area contributed by atoms with E-state index in [9.17, 15) is 4.79 Å². The Hall–Kier alpha value is -2.82. The molecule has 1 aliphatic carbocycles. The van der Waals surface area contributed by atoms with Gasteiger partial charge in [0.15, 0.2) is 16.7 Å². The number of furan rings is 1. The molecular weight excluding hydrogens is 456 g/mol. The molecule has 1 aliphatic rings. The molecule has 0 radical (unpaired) electrons. The zero-order valence-electron chi connectivity index (χ0n) is 20.3. The summed E-state index contributed by atoms with van der Waals surface area (Å²) in [7, 11) is 0. The number of carbonyl (C=O) groups excluding carboxylic acids is 1. The Bertz CT molecular complexity index is 1090. The van der Waals surface area contributed by atoms with Crippen molar-refractivity contribution in [2.75, 3.05) is 0 Å². The van der Waals surface area contributed by atoms with Crippen LogP contribution in [0.2, 0.25) is 0 Å². The van der Waals surface area contributed by atoms with E-state index < -0.39 is 17.2 Å². The first kappa shape index (κ1) is 24.3. The summed E-state index contributed by atoms with van der Waals surface area (Å²) < 4.78 is 18.6. The molecule has 0 aromatic carbocycles. The van der Waals surface area contributed by atoms with Crippen molar-refractivity contribution in [3.05, 3.63) is 30.1 Å². The average molecular weight is 489 g/mol. The number of nitrogens with zero attached hydrogens (tertiary/aromatic N) is 5. The number of carbonyl (C=O) groups is 1. The van der Waals surface area contributed by atoms with Crippen LogP contribution in [0.3, 0.4) is 0 Å². The molecule has 1 saturated carbocycles. The lowest BCUT2D eigenvalue weighted by molar-refractivity contribution is 0.0465. The molecule has 34 heavy (non-hydrogen) atoms. The van der Waals surface area contributed by atoms with Gasteiger partial charge in [-0.2, -0.15) is 4.98 Å². The maximum atomic E-state index is 12.2. The van der Waals surface area contributed by atoms with Gasteiger partial charge in [0.1, 0.15) is 11.1 Å². The van der Waals surface area contributed by atoms with Gasteiger partial charge in [-0.05, 0) is 59.6 Å². The number of alkyl carbamates (subject to hydrolysis) is 1.